The summed E-state index contributed by atoms with van der Waals surface area (Å²) in [5.41, 5.74) is 0.889. The lowest BCUT2D eigenvalue weighted by atomic mass is 10.2. The molecule has 0 aliphatic heterocycles. The van der Waals surface area contributed by atoms with Gasteiger partial charge in [-0.05, 0) is 55.5 Å². The molecule has 0 fully saturated rings. The standard InChI is InChI=1S/C17H15BrN2O3/c1-11(22-15-9-7-14(21-2)8-10-15)17-19-16(20-23-17)12-3-5-13(18)6-4-12/h3-11H,1-2H3. The van der Waals surface area contributed by atoms with Gasteiger partial charge in [-0.2, -0.15) is 4.98 Å². The molecule has 0 saturated carbocycles. The Morgan fingerprint density at radius 1 is 1.00 bits per heavy atom. The SMILES string of the molecule is COc1ccc(OC(C)c2nc(-c3ccc(Br)cc3)no2)cc1. The lowest BCUT2D eigenvalue weighted by Crippen LogP contribution is -2.03. The number of ether oxygens (including phenoxy) is 2. The normalized spacial score (nSPS) is 12.0. The molecule has 118 valence electrons. The third-order valence-corrected chi connectivity index (χ3v) is 3.79. The van der Waals surface area contributed by atoms with Crippen LogP contribution in [0.4, 0.5) is 0 Å². The van der Waals surface area contributed by atoms with Gasteiger partial charge in [-0.25, -0.2) is 0 Å². The van der Waals surface area contributed by atoms with Crippen molar-refractivity contribution in [2.75, 3.05) is 7.11 Å². The van der Waals surface area contributed by atoms with E-state index in [0.717, 1.165) is 15.8 Å². The summed E-state index contributed by atoms with van der Waals surface area (Å²) in [6.07, 6.45) is -0.347. The molecule has 1 heterocycles. The maximum absolute atomic E-state index is 5.81. The first-order valence-electron chi connectivity index (χ1n) is 7.06. The second-order valence-corrected chi connectivity index (χ2v) is 5.81. The van der Waals surface area contributed by atoms with Gasteiger partial charge in [0.05, 0.1) is 7.11 Å². The first kappa shape index (κ1) is 15.6. The van der Waals surface area contributed by atoms with Gasteiger partial charge in [0.2, 0.25) is 5.82 Å². The highest BCUT2D eigenvalue weighted by Gasteiger charge is 2.17. The van der Waals surface area contributed by atoms with E-state index in [0.29, 0.717) is 17.5 Å². The Morgan fingerprint density at radius 2 is 1.65 bits per heavy atom. The summed E-state index contributed by atoms with van der Waals surface area (Å²) in [7, 11) is 1.63. The van der Waals surface area contributed by atoms with E-state index in [1.807, 2.05) is 55.5 Å². The van der Waals surface area contributed by atoms with Crippen molar-refractivity contribution in [2.45, 2.75) is 13.0 Å². The largest absolute Gasteiger partial charge is 0.497 e. The summed E-state index contributed by atoms with van der Waals surface area (Å²) in [6.45, 7) is 1.86. The van der Waals surface area contributed by atoms with E-state index in [4.69, 9.17) is 14.0 Å². The molecule has 3 aromatic rings. The molecular weight excluding hydrogens is 360 g/mol. The Kier molecular flexibility index (Phi) is 4.62. The monoisotopic (exact) mass is 374 g/mol. The van der Waals surface area contributed by atoms with Crippen LogP contribution in [0.15, 0.2) is 57.5 Å². The number of methoxy groups -OCH3 is 1. The number of nitrogens with zero attached hydrogens (tertiary/aromatic N) is 2. The van der Waals surface area contributed by atoms with Gasteiger partial charge in [0.1, 0.15) is 11.5 Å². The van der Waals surface area contributed by atoms with Crippen molar-refractivity contribution in [1.29, 1.82) is 0 Å². The van der Waals surface area contributed by atoms with Crippen LogP contribution in [0.1, 0.15) is 18.9 Å². The molecule has 23 heavy (non-hydrogen) atoms. The molecule has 1 aromatic heterocycles. The molecule has 1 atom stereocenters. The molecule has 0 spiro atoms. The Morgan fingerprint density at radius 3 is 2.30 bits per heavy atom. The topological polar surface area (TPSA) is 57.4 Å². The first-order chi connectivity index (χ1) is 11.2. The Labute approximate surface area is 142 Å². The van der Waals surface area contributed by atoms with Crippen molar-refractivity contribution in [2.24, 2.45) is 0 Å². The highest BCUT2D eigenvalue weighted by Crippen LogP contribution is 2.25. The van der Waals surface area contributed by atoms with Gasteiger partial charge in [-0.15, -0.1) is 0 Å². The molecule has 0 saturated heterocycles. The molecule has 0 radical (unpaired) electrons. The van der Waals surface area contributed by atoms with E-state index in [1.165, 1.54) is 0 Å². The van der Waals surface area contributed by atoms with Crippen LogP contribution >= 0.6 is 15.9 Å². The lowest BCUT2D eigenvalue weighted by Gasteiger charge is -2.10. The highest BCUT2D eigenvalue weighted by atomic mass is 79.9. The van der Waals surface area contributed by atoms with Crippen LogP contribution < -0.4 is 9.47 Å². The summed E-state index contributed by atoms with van der Waals surface area (Å²) >= 11 is 3.40. The molecule has 2 aromatic carbocycles. The second kappa shape index (κ2) is 6.83. The summed E-state index contributed by atoms with van der Waals surface area (Å²) in [6, 6.07) is 15.1. The van der Waals surface area contributed by atoms with E-state index in [2.05, 4.69) is 26.1 Å². The molecule has 0 aliphatic rings. The summed E-state index contributed by atoms with van der Waals surface area (Å²) in [5.74, 6) is 2.46. The maximum atomic E-state index is 5.81. The van der Waals surface area contributed by atoms with Crippen LogP contribution in [-0.2, 0) is 0 Å². The Balaban J connectivity index is 1.72. The molecule has 0 N–H and O–H groups in total. The summed E-state index contributed by atoms with van der Waals surface area (Å²) < 4.78 is 17.2. The van der Waals surface area contributed by atoms with Crippen molar-refractivity contribution in [3.05, 3.63) is 58.9 Å². The van der Waals surface area contributed by atoms with Gasteiger partial charge in [0.25, 0.3) is 5.89 Å². The average molecular weight is 375 g/mol. The lowest BCUT2D eigenvalue weighted by molar-refractivity contribution is 0.175. The van der Waals surface area contributed by atoms with E-state index < -0.39 is 0 Å². The van der Waals surface area contributed by atoms with Gasteiger partial charge in [0, 0.05) is 10.0 Å². The van der Waals surface area contributed by atoms with Gasteiger partial charge < -0.3 is 14.0 Å². The van der Waals surface area contributed by atoms with E-state index in [-0.39, 0.29) is 6.10 Å². The highest BCUT2D eigenvalue weighted by molar-refractivity contribution is 9.10. The minimum atomic E-state index is -0.347. The molecule has 0 bridgehead atoms. The van der Waals surface area contributed by atoms with Crippen molar-refractivity contribution < 1.29 is 14.0 Å². The predicted molar refractivity (Wildman–Crippen MR) is 89.5 cm³/mol. The fourth-order valence-corrected chi connectivity index (χ4v) is 2.29. The quantitative estimate of drug-likeness (QED) is 0.650. The zero-order valence-electron chi connectivity index (χ0n) is 12.7. The predicted octanol–water partition coefficient (Wildman–Crippen LogP) is 4.65. The van der Waals surface area contributed by atoms with E-state index >= 15 is 0 Å². The molecule has 0 aliphatic carbocycles. The molecule has 5 nitrogen and oxygen atoms in total. The molecule has 1 unspecified atom stereocenters. The average Bonchev–Trinajstić information content (AvgIpc) is 3.06. The molecule has 6 heteroatoms. The second-order valence-electron chi connectivity index (χ2n) is 4.90. The number of rotatable bonds is 5. The first-order valence-corrected chi connectivity index (χ1v) is 7.85. The zero-order chi connectivity index (χ0) is 16.2. The molecule has 0 amide bonds. The van der Waals surface area contributed by atoms with E-state index in [9.17, 15) is 0 Å². The zero-order valence-corrected chi connectivity index (χ0v) is 14.3. The van der Waals surface area contributed by atoms with Crippen LogP contribution in [0.3, 0.4) is 0 Å². The van der Waals surface area contributed by atoms with Crippen molar-refractivity contribution in [3.8, 4) is 22.9 Å². The van der Waals surface area contributed by atoms with Gasteiger partial charge in [-0.1, -0.05) is 21.1 Å². The minimum absolute atomic E-state index is 0.347. The van der Waals surface area contributed by atoms with Crippen LogP contribution in [0.25, 0.3) is 11.4 Å². The van der Waals surface area contributed by atoms with Crippen molar-refractivity contribution in [3.63, 3.8) is 0 Å². The number of hydrogen-bond donors (Lipinski definition) is 0. The number of aromatic nitrogens is 2. The van der Waals surface area contributed by atoms with Crippen molar-refractivity contribution >= 4 is 15.9 Å². The minimum Gasteiger partial charge on any atom is -0.497 e. The summed E-state index contributed by atoms with van der Waals surface area (Å²) in [4.78, 5) is 4.40. The number of benzene rings is 2. The van der Waals surface area contributed by atoms with Crippen LogP contribution in [-0.4, -0.2) is 17.3 Å². The molecular formula is C17H15BrN2O3. The third kappa shape index (κ3) is 3.71. The van der Waals surface area contributed by atoms with Gasteiger partial charge in [0.15, 0.2) is 6.10 Å². The van der Waals surface area contributed by atoms with Crippen LogP contribution in [0, 0.1) is 0 Å². The van der Waals surface area contributed by atoms with E-state index in [1.54, 1.807) is 7.11 Å². The van der Waals surface area contributed by atoms with Gasteiger partial charge >= 0.3 is 0 Å². The molecule has 3 rings (SSSR count). The van der Waals surface area contributed by atoms with Crippen molar-refractivity contribution in [1.82, 2.24) is 10.1 Å². The number of hydrogen-bond acceptors (Lipinski definition) is 5. The fraction of sp³-hybridized carbons (Fsp3) is 0.176. The van der Waals surface area contributed by atoms with Crippen LogP contribution in [0.5, 0.6) is 11.5 Å². The Bertz CT molecular complexity index is 769. The maximum Gasteiger partial charge on any atom is 0.267 e. The Hall–Kier alpha value is -2.34. The smallest absolute Gasteiger partial charge is 0.267 e. The fourth-order valence-electron chi connectivity index (χ4n) is 2.03. The number of halogens is 1. The third-order valence-electron chi connectivity index (χ3n) is 3.26. The summed E-state index contributed by atoms with van der Waals surface area (Å²) in [5, 5.41) is 4.00. The van der Waals surface area contributed by atoms with Gasteiger partial charge in [-0.3, -0.25) is 0 Å². The van der Waals surface area contributed by atoms with Crippen LogP contribution in [0.2, 0.25) is 0 Å².